The summed E-state index contributed by atoms with van der Waals surface area (Å²) in [6.45, 7) is 0. The van der Waals surface area contributed by atoms with Crippen molar-refractivity contribution in [3.05, 3.63) is 36.4 Å². The van der Waals surface area contributed by atoms with E-state index >= 15 is 0 Å². The minimum atomic E-state index is -3.97. The third kappa shape index (κ3) is 1.88. The summed E-state index contributed by atoms with van der Waals surface area (Å²) in [5.74, 6) is -1.74. The highest BCUT2D eigenvalue weighted by Crippen LogP contribution is 2.49. The monoisotopic (exact) mass is 310 g/mol. The van der Waals surface area contributed by atoms with Crippen molar-refractivity contribution in [3.63, 3.8) is 0 Å². The van der Waals surface area contributed by atoms with Gasteiger partial charge in [-0.15, -0.1) is 0 Å². The van der Waals surface area contributed by atoms with Gasteiger partial charge in [0.15, 0.2) is 0 Å². The number of sulfone groups is 1. The van der Waals surface area contributed by atoms with Gasteiger partial charge in [-0.25, -0.2) is 8.42 Å². The molecule has 3 atom stereocenters. The van der Waals surface area contributed by atoms with Gasteiger partial charge in [0.25, 0.3) is 0 Å². The fourth-order valence-corrected chi connectivity index (χ4v) is 4.77. The fraction of sp³-hybridized carbons (Fsp3) is 0.357. The molecule has 1 aromatic rings. The first-order valence-electron chi connectivity index (χ1n) is 6.39. The van der Waals surface area contributed by atoms with Crippen molar-refractivity contribution >= 4 is 15.8 Å². The van der Waals surface area contributed by atoms with E-state index in [-0.39, 0.29) is 11.3 Å². The number of aliphatic carboxylic acids is 1. The van der Waals surface area contributed by atoms with Crippen LogP contribution in [0.15, 0.2) is 41.3 Å². The van der Waals surface area contributed by atoms with Crippen LogP contribution in [-0.2, 0) is 19.4 Å². The van der Waals surface area contributed by atoms with Crippen LogP contribution in [0.1, 0.15) is 6.42 Å². The third-order valence-corrected chi connectivity index (χ3v) is 6.17. The first kappa shape index (κ1) is 14.1. The molecule has 2 heterocycles. The number of benzene rings is 1. The molecule has 1 fully saturated rings. The summed E-state index contributed by atoms with van der Waals surface area (Å²) in [5.41, 5.74) is 0. The van der Waals surface area contributed by atoms with Crippen molar-refractivity contribution < 1.29 is 27.8 Å². The second kappa shape index (κ2) is 4.57. The van der Waals surface area contributed by atoms with Gasteiger partial charge in [0.05, 0.1) is 18.1 Å². The summed E-state index contributed by atoms with van der Waals surface area (Å²) < 4.78 is 36.2. The predicted molar refractivity (Wildman–Crippen MR) is 72.7 cm³/mol. The molecule has 0 aromatic heterocycles. The van der Waals surface area contributed by atoms with Gasteiger partial charge in [-0.2, -0.15) is 0 Å². The van der Waals surface area contributed by atoms with Crippen LogP contribution in [0, 0.1) is 5.92 Å². The molecule has 112 valence electrons. The van der Waals surface area contributed by atoms with Gasteiger partial charge in [0.2, 0.25) is 14.8 Å². The number of fused-ring (bicyclic) bond motifs is 2. The Balaban J connectivity index is 2.08. The summed E-state index contributed by atoms with van der Waals surface area (Å²) in [4.78, 5) is 9.58. The van der Waals surface area contributed by atoms with E-state index in [1.54, 1.807) is 6.08 Å². The van der Waals surface area contributed by atoms with E-state index < -0.39 is 32.8 Å². The molecule has 1 N–H and O–H groups in total. The first-order valence-corrected chi connectivity index (χ1v) is 7.88. The molecular weight excluding hydrogens is 296 g/mol. The Morgan fingerprint density at radius 3 is 2.57 bits per heavy atom. The molecular formula is C14H14O6S. The number of carboxylic acid groups (broad SMARTS) is 1. The molecule has 0 radical (unpaired) electrons. The maximum atomic E-state index is 12.8. The summed E-state index contributed by atoms with van der Waals surface area (Å²) >= 11 is 0. The summed E-state index contributed by atoms with van der Waals surface area (Å²) in [6, 6.07) is 5.82. The van der Waals surface area contributed by atoms with E-state index in [0.717, 1.165) is 0 Å². The Morgan fingerprint density at radius 1 is 1.38 bits per heavy atom. The van der Waals surface area contributed by atoms with Crippen LogP contribution in [-0.4, -0.2) is 37.6 Å². The van der Waals surface area contributed by atoms with Crippen molar-refractivity contribution in [2.24, 2.45) is 5.92 Å². The summed E-state index contributed by atoms with van der Waals surface area (Å²) in [5, 5.41) is 9.29. The molecule has 6 nitrogen and oxygen atoms in total. The molecule has 1 aromatic carbocycles. The van der Waals surface area contributed by atoms with Crippen LogP contribution in [0.4, 0.5) is 0 Å². The predicted octanol–water partition coefficient (Wildman–Crippen LogP) is 1.22. The van der Waals surface area contributed by atoms with E-state index in [2.05, 4.69) is 0 Å². The zero-order valence-electron chi connectivity index (χ0n) is 11.2. The smallest absolute Gasteiger partial charge is 0.311 e. The average molecular weight is 310 g/mol. The number of carboxylic acids is 1. The molecule has 3 rings (SSSR count). The van der Waals surface area contributed by atoms with E-state index in [4.69, 9.17) is 9.47 Å². The lowest BCUT2D eigenvalue weighted by atomic mass is 9.94. The van der Waals surface area contributed by atoms with Crippen LogP contribution in [0.5, 0.6) is 5.75 Å². The molecule has 21 heavy (non-hydrogen) atoms. The Hall–Kier alpha value is -1.86. The van der Waals surface area contributed by atoms with E-state index in [9.17, 15) is 18.3 Å². The van der Waals surface area contributed by atoms with Crippen molar-refractivity contribution in [3.8, 4) is 5.75 Å². The minimum absolute atomic E-state index is 0.0155. The molecule has 0 aliphatic carbocycles. The molecule has 0 spiro atoms. The van der Waals surface area contributed by atoms with Gasteiger partial charge in [-0.05, 0) is 36.8 Å². The molecule has 0 saturated carbocycles. The standard InChI is InChI=1S/C14H14O6S/c1-19-9-2-4-11(5-3-9)21(17,18)14-7-6-10(20-14)8-12(14)13(15)16/h2-7,10,12H,8H2,1H3,(H,15,16). The zero-order valence-corrected chi connectivity index (χ0v) is 12.0. The normalized spacial score (nSPS) is 30.5. The molecule has 2 aliphatic rings. The van der Waals surface area contributed by atoms with Crippen molar-refractivity contribution in [1.29, 1.82) is 0 Å². The van der Waals surface area contributed by atoms with E-state index in [1.807, 2.05) is 0 Å². The molecule has 7 heteroatoms. The van der Waals surface area contributed by atoms with Crippen molar-refractivity contribution in [2.45, 2.75) is 22.4 Å². The SMILES string of the molecule is COc1ccc(S(=O)(=O)C23C=CC(CC2C(=O)O)O3)cc1. The van der Waals surface area contributed by atoms with Crippen LogP contribution in [0.3, 0.4) is 0 Å². The van der Waals surface area contributed by atoms with Gasteiger partial charge in [0, 0.05) is 0 Å². The zero-order chi connectivity index (χ0) is 15.3. The highest BCUT2D eigenvalue weighted by molar-refractivity contribution is 7.93. The quantitative estimate of drug-likeness (QED) is 0.841. The lowest BCUT2D eigenvalue weighted by Gasteiger charge is -2.27. The third-order valence-electron chi connectivity index (χ3n) is 3.92. The Morgan fingerprint density at radius 2 is 2.05 bits per heavy atom. The van der Waals surface area contributed by atoms with Gasteiger partial charge in [-0.1, -0.05) is 6.08 Å². The maximum Gasteiger partial charge on any atom is 0.311 e. The van der Waals surface area contributed by atoms with Gasteiger partial charge < -0.3 is 14.6 Å². The number of methoxy groups -OCH3 is 1. The number of hydrogen-bond donors (Lipinski definition) is 1. The molecule has 2 bridgehead atoms. The maximum absolute atomic E-state index is 12.8. The Labute approximate surface area is 121 Å². The van der Waals surface area contributed by atoms with Gasteiger partial charge >= 0.3 is 5.97 Å². The van der Waals surface area contributed by atoms with E-state index in [1.165, 1.54) is 37.5 Å². The highest BCUT2D eigenvalue weighted by atomic mass is 32.2. The Kier molecular flexibility index (Phi) is 3.07. The largest absolute Gasteiger partial charge is 0.497 e. The number of ether oxygens (including phenoxy) is 2. The average Bonchev–Trinajstić information content (AvgIpc) is 3.07. The van der Waals surface area contributed by atoms with Crippen LogP contribution >= 0.6 is 0 Å². The number of rotatable bonds is 4. The molecule has 3 unspecified atom stereocenters. The van der Waals surface area contributed by atoms with Gasteiger partial charge in [-0.3, -0.25) is 4.79 Å². The molecule has 2 aliphatic heterocycles. The Bertz CT molecular complexity index is 705. The number of carbonyl (C=O) groups is 1. The van der Waals surface area contributed by atoms with E-state index in [0.29, 0.717) is 5.75 Å². The first-order chi connectivity index (χ1) is 9.90. The summed E-state index contributed by atoms with van der Waals surface area (Å²) in [6.07, 6.45) is 2.68. The lowest BCUT2D eigenvalue weighted by molar-refractivity contribution is -0.143. The minimum Gasteiger partial charge on any atom is -0.497 e. The van der Waals surface area contributed by atoms with Crippen molar-refractivity contribution in [2.75, 3.05) is 7.11 Å². The highest BCUT2D eigenvalue weighted by Gasteiger charge is 2.62. The van der Waals surface area contributed by atoms with Gasteiger partial charge in [0.1, 0.15) is 11.7 Å². The topological polar surface area (TPSA) is 89.9 Å². The van der Waals surface area contributed by atoms with Crippen LogP contribution in [0.25, 0.3) is 0 Å². The molecule has 0 amide bonds. The second-order valence-electron chi connectivity index (χ2n) is 5.04. The van der Waals surface area contributed by atoms with Crippen LogP contribution < -0.4 is 4.74 Å². The fourth-order valence-electron chi connectivity index (χ4n) is 2.83. The lowest BCUT2D eigenvalue weighted by Crippen LogP contribution is -2.44. The summed E-state index contributed by atoms with van der Waals surface area (Å²) in [7, 11) is -2.49. The van der Waals surface area contributed by atoms with Crippen LogP contribution in [0.2, 0.25) is 0 Å². The molecule has 1 saturated heterocycles. The van der Waals surface area contributed by atoms with Crippen molar-refractivity contribution in [1.82, 2.24) is 0 Å². The number of hydrogen-bond acceptors (Lipinski definition) is 5. The second-order valence-corrected chi connectivity index (χ2v) is 7.16.